The summed E-state index contributed by atoms with van der Waals surface area (Å²) in [6, 6.07) is 0. The molecular weight excluding hydrogens is 176 g/mol. The number of ether oxygens (including phenoxy) is 1. The predicted octanol–water partition coefficient (Wildman–Crippen LogP) is 3.30. The summed E-state index contributed by atoms with van der Waals surface area (Å²) in [7, 11) is 0. The molecule has 1 saturated heterocycles. The normalized spacial score (nSPS) is 25.9. The minimum absolute atomic E-state index is 0.0555. The maximum Gasteiger partial charge on any atom is 0.312 e. The van der Waals surface area contributed by atoms with Crippen molar-refractivity contribution in [3.63, 3.8) is 0 Å². The van der Waals surface area contributed by atoms with Crippen LogP contribution in [0.4, 0.5) is 0 Å². The number of esters is 1. The fourth-order valence-corrected chi connectivity index (χ4v) is 2.48. The third kappa shape index (κ3) is 2.28. The number of cyclic esters (lactones) is 1. The van der Waals surface area contributed by atoms with Gasteiger partial charge in [0.15, 0.2) is 0 Å². The fraction of sp³-hybridized carbons (Fsp3) is 0.917. The Morgan fingerprint density at radius 1 is 1.36 bits per heavy atom. The molecule has 1 aliphatic rings. The number of hydrogen-bond donors (Lipinski definition) is 0. The summed E-state index contributed by atoms with van der Waals surface area (Å²) < 4.78 is 5.37. The molecule has 0 aromatic heterocycles. The van der Waals surface area contributed by atoms with Crippen molar-refractivity contribution in [3.8, 4) is 0 Å². The van der Waals surface area contributed by atoms with Gasteiger partial charge in [0.2, 0.25) is 0 Å². The smallest absolute Gasteiger partial charge is 0.312 e. The first-order valence-corrected chi connectivity index (χ1v) is 5.85. The van der Waals surface area contributed by atoms with Crippen LogP contribution in [0.3, 0.4) is 0 Å². The Kier molecular flexibility index (Phi) is 3.97. The van der Waals surface area contributed by atoms with Gasteiger partial charge in [-0.05, 0) is 32.6 Å². The highest BCUT2D eigenvalue weighted by atomic mass is 16.5. The Labute approximate surface area is 87.0 Å². The Morgan fingerprint density at radius 3 is 2.36 bits per heavy atom. The molecular formula is C12H22O2. The SMILES string of the molecule is CCCC1(CCC)CCC(C)OC1=O. The zero-order valence-electron chi connectivity index (χ0n) is 9.64. The molecule has 1 rings (SSSR count). The minimum atomic E-state index is -0.143. The molecule has 0 saturated carbocycles. The molecule has 2 heteroatoms. The zero-order chi connectivity index (χ0) is 10.6. The van der Waals surface area contributed by atoms with Gasteiger partial charge in [-0.2, -0.15) is 0 Å². The van der Waals surface area contributed by atoms with Crippen LogP contribution in [0.1, 0.15) is 59.3 Å². The van der Waals surface area contributed by atoms with E-state index in [9.17, 15) is 4.79 Å². The van der Waals surface area contributed by atoms with Gasteiger partial charge in [-0.25, -0.2) is 0 Å². The molecule has 0 aliphatic carbocycles. The van der Waals surface area contributed by atoms with Crippen molar-refractivity contribution >= 4 is 5.97 Å². The van der Waals surface area contributed by atoms with Crippen molar-refractivity contribution in [1.82, 2.24) is 0 Å². The second-order valence-corrected chi connectivity index (χ2v) is 4.53. The van der Waals surface area contributed by atoms with Crippen LogP contribution in [0, 0.1) is 5.41 Å². The molecule has 0 bridgehead atoms. The zero-order valence-corrected chi connectivity index (χ0v) is 9.64. The Bertz CT molecular complexity index is 192. The molecule has 1 aliphatic heterocycles. The molecule has 0 radical (unpaired) electrons. The van der Waals surface area contributed by atoms with Crippen LogP contribution in [-0.4, -0.2) is 12.1 Å². The average Bonchev–Trinajstić information content (AvgIpc) is 2.13. The van der Waals surface area contributed by atoms with Crippen LogP contribution in [0.25, 0.3) is 0 Å². The van der Waals surface area contributed by atoms with Crippen molar-refractivity contribution in [2.75, 3.05) is 0 Å². The molecule has 14 heavy (non-hydrogen) atoms. The Hall–Kier alpha value is -0.530. The fourth-order valence-electron chi connectivity index (χ4n) is 2.48. The van der Waals surface area contributed by atoms with Crippen LogP contribution in [0.15, 0.2) is 0 Å². The first kappa shape index (κ1) is 11.5. The highest BCUT2D eigenvalue weighted by Crippen LogP contribution is 2.40. The van der Waals surface area contributed by atoms with Gasteiger partial charge in [0.25, 0.3) is 0 Å². The van der Waals surface area contributed by atoms with Crippen LogP contribution in [0.5, 0.6) is 0 Å². The van der Waals surface area contributed by atoms with Gasteiger partial charge in [-0.15, -0.1) is 0 Å². The number of hydrogen-bond acceptors (Lipinski definition) is 2. The van der Waals surface area contributed by atoms with Gasteiger partial charge in [0, 0.05) is 0 Å². The standard InChI is InChI=1S/C12H22O2/c1-4-7-12(8-5-2)9-6-10(3)14-11(12)13/h10H,4-9H2,1-3H3. The predicted molar refractivity (Wildman–Crippen MR) is 57.0 cm³/mol. The van der Waals surface area contributed by atoms with E-state index in [1.165, 1.54) is 0 Å². The minimum Gasteiger partial charge on any atom is -0.462 e. The summed E-state index contributed by atoms with van der Waals surface area (Å²) in [5, 5.41) is 0. The van der Waals surface area contributed by atoms with Crippen molar-refractivity contribution in [3.05, 3.63) is 0 Å². The molecule has 1 heterocycles. The molecule has 1 unspecified atom stereocenters. The third-order valence-corrected chi connectivity index (χ3v) is 3.23. The second kappa shape index (κ2) is 4.81. The van der Waals surface area contributed by atoms with E-state index in [1.54, 1.807) is 0 Å². The third-order valence-electron chi connectivity index (χ3n) is 3.23. The monoisotopic (exact) mass is 198 g/mol. The quantitative estimate of drug-likeness (QED) is 0.648. The van der Waals surface area contributed by atoms with E-state index in [4.69, 9.17) is 4.74 Å². The van der Waals surface area contributed by atoms with E-state index < -0.39 is 0 Å². The van der Waals surface area contributed by atoms with Gasteiger partial charge in [0.05, 0.1) is 11.5 Å². The summed E-state index contributed by atoms with van der Waals surface area (Å²) in [5.74, 6) is 0.0555. The maximum absolute atomic E-state index is 11.9. The molecule has 0 spiro atoms. The second-order valence-electron chi connectivity index (χ2n) is 4.53. The first-order valence-electron chi connectivity index (χ1n) is 5.85. The number of rotatable bonds is 4. The Morgan fingerprint density at radius 2 is 1.93 bits per heavy atom. The van der Waals surface area contributed by atoms with Gasteiger partial charge >= 0.3 is 5.97 Å². The van der Waals surface area contributed by atoms with Crippen molar-refractivity contribution in [2.45, 2.75) is 65.4 Å². The summed E-state index contributed by atoms with van der Waals surface area (Å²) in [4.78, 5) is 11.9. The van der Waals surface area contributed by atoms with E-state index >= 15 is 0 Å². The van der Waals surface area contributed by atoms with E-state index in [0.717, 1.165) is 38.5 Å². The molecule has 1 atom stereocenters. The lowest BCUT2D eigenvalue weighted by molar-refractivity contribution is -0.170. The average molecular weight is 198 g/mol. The number of carbonyl (C=O) groups excluding carboxylic acids is 1. The van der Waals surface area contributed by atoms with Crippen molar-refractivity contribution in [2.24, 2.45) is 5.41 Å². The largest absolute Gasteiger partial charge is 0.462 e. The topological polar surface area (TPSA) is 26.3 Å². The molecule has 1 fully saturated rings. The molecule has 2 nitrogen and oxygen atoms in total. The lowest BCUT2D eigenvalue weighted by Crippen LogP contribution is -2.40. The molecule has 0 N–H and O–H groups in total. The van der Waals surface area contributed by atoms with Gasteiger partial charge in [0.1, 0.15) is 0 Å². The van der Waals surface area contributed by atoms with Crippen LogP contribution in [-0.2, 0) is 9.53 Å². The summed E-state index contributed by atoms with van der Waals surface area (Å²) in [5.41, 5.74) is -0.143. The molecule has 0 aromatic carbocycles. The van der Waals surface area contributed by atoms with E-state index in [2.05, 4.69) is 13.8 Å². The van der Waals surface area contributed by atoms with Crippen LogP contribution in [0.2, 0.25) is 0 Å². The van der Waals surface area contributed by atoms with Crippen molar-refractivity contribution in [1.29, 1.82) is 0 Å². The number of carbonyl (C=O) groups is 1. The van der Waals surface area contributed by atoms with E-state index in [0.29, 0.717) is 0 Å². The molecule has 0 amide bonds. The van der Waals surface area contributed by atoms with Crippen LogP contribution >= 0.6 is 0 Å². The highest BCUT2D eigenvalue weighted by molar-refractivity contribution is 5.77. The lowest BCUT2D eigenvalue weighted by Gasteiger charge is -2.37. The summed E-state index contributed by atoms with van der Waals surface area (Å²) in [6.07, 6.45) is 6.32. The van der Waals surface area contributed by atoms with Gasteiger partial charge in [-0.1, -0.05) is 26.7 Å². The van der Waals surface area contributed by atoms with Gasteiger partial charge in [-0.3, -0.25) is 4.79 Å². The van der Waals surface area contributed by atoms with E-state index in [1.807, 2.05) is 6.92 Å². The van der Waals surface area contributed by atoms with Gasteiger partial charge < -0.3 is 4.74 Å². The van der Waals surface area contributed by atoms with Crippen molar-refractivity contribution < 1.29 is 9.53 Å². The highest BCUT2D eigenvalue weighted by Gasteiger charge is 2.42. The molecule has 82 valence electrons. The molecule has 0 aromatic rings. The Balaban J connectivity index is 2.70. The van der Waals surface area contributed by atoms with Crippen LogP contribution < -0.4 is 0 Å². The summed E-state index contributed by atoms with van der Waals surface area (Å²) in [6.45, 7) is 6.27. The first-order chi connectivity index (χ1) is 6.64. The maximum atomic E-state index is 11.9. The van der Waals surface area contributed by atoms with E-state index in [-0.39, 0.29) is 17.5 Å². The lowest BCUT2D eigenvalue weighted by atomic mass is 9.73. The summed E-state index contributed by atoms with van der Waals surface area (Å²) >= 11 is 0.